The van der Waals surface area contributed by atoms with Crippen molar-refractivity contribution in [1.29, 1.82) is 0 Å². The Balaban J connectivity index is 0. The summed E-state index contributed by atoms with van der Waals surface area (Å²) in [6.45, 7) is 0. The minimum Gasteiger partial charge on any atom is -0.870 e. The van der Waals surface area contributed by atoms with Crippen LogP contribution in [0.3, 0.4) is 0 Å². The smallest absolute Gasteiger partial charge is 0.870 e. The topological polar surface area (TPSA) is 360 Å². The molecule has 0 atom stereocenters. The van der Waals surface area contributed by atoms with E-state index in [1.165, 1.54) is 0 Å². The summed E-state index contributed by atoms with van der Waals surface area (Å²) in [4.78, 5) is 0. The molecule has 0 aliphatic rings. The molecule has 0 rings (SSSR count). The molecule has 0 aromatic heterocycles. The third-order valence-electron chi connectivity index (χ3n) is 0. The maximum absolute atomic E-state index is 0. The van der Waals surface area contributed by atoms with E-state index in [0.29, 0.717) is 0 Å². The van der Waals surface area contributed by atoms with Crippen molar-refractivity contribution in [2.24, 2.45) is 0 Å². The molecule has 0 bridgehead atoms. The minimum atomic E-state index is 0. The van der Waals surface area contributed by atoms with Crippen molar-refractivity contribution >= 4 is 148 Å². The first-order valence-corrected chi connectivity index (χ1v) is 0. The predicted octanol–water partition coefficient (Wildman–Crippen LogP) is -4.03. The zero-order valence-electron chi connectivity index (χ0n) is 8.64. The third kappa shape index (κ3) is 361. The van der Waals surface area contributed by atoms with Crippen LogP contribution in [0.1, 0.15) is 0 Å². The van der Waals surface area contributed by atoms with Gasteiger partial charge in [-0.15, -0.1) is 0 Å². The molecular formula is H12Al2Ca3O12. The summed E-state index contributed by atoms with van der Waals surface area (Å²) in [5, 5.41) is 0. The van der Waals surface area contributed by atoms with Crippen molar-refractivity contribution in [1.82, 2.24) is 0 Å². The Hall–Kier alpha value is 4.36. The zero-order valence-corrected chi connectivity index (χ0v) is 17.6. The van der Waals surface area contributed by atoms with Gasteiger partial charge in [0.15, 0.2) is 0 Å². The van der Waals surface area contributed by atoms with E-state index < -0.39 is 0 Å². The minimum absolute atomic E-state index is 0. The van der Waals surface area contributed by atoms with Crippen LogP contribution in [0.4, 0.5) is 0 Å². The van der Waals surface area contributed by atoms with E-state index in [9.17, 15) is 0 Å². The zero-order chi connectivity index (χ0) is 0. The van der Waals surface area contributed by atoms with Gasteiger partial charge in [0.25, 0.3) is 0 Å². The number of hydrogen-bond donors (Lipinski definition) is 0. The summed E-state index contributed by atoms with van der Waals surface area (Å²) >= 11 is 0. The van der Waals surface area contributed by atoms with Gasteiger partial charge < -0.3 is 65.7 Å². The largest absolute Gasteiger partial charge is 3.00 e. The molecule has 17 heavy (non-hydrogen) atoms. The normalized spacial score (nSPS) is 0. The van der Waals surface area contributed by atoms with E-state index >= 15 is 0 Å². The Kier molecular flexibility index (Phi) is 11000. The first-order chi connectivity index (χ1) is 0. The maximum atomic E-state index is 0. The van der Waals surface area contributed by atoms with E-state index in [2.05, 4.69) is 0 Å². The Morgan fingerprint density at radius 1 is 0.176 bits per heavy atom. The van der Waals surface area contributed by atoms with Crippen molar-refractivity contribution in [3.05, 3.63) is 0 Å². The Morgan fingerprint density at radius 2 is 0.176 bits per heavy atom. The molecule has 0 aromatic carbocycles. The van der Waals surface area contributed by atoms with Crippen LogP contribution >= 0.6 is 0 Å². The van der Waals surface area contributed by atoms with Crippen LogP contribution in [0.2, 0.25) is 0 Å². The van der Waals surface area contributed by atoms with Crippen molar-refractivity contribution in [3.8, 4) is 0 Å². The van der Waals surface area contributed by atoms with Crippen LogP contribution in [0, 0.1) is 0 Å². The summed E-state index contributed by atoms with van der Waals surface area (Å²) < 4.78 is 0. The summed E-state index contributed by atoms with van der Waals surface area (Å²) in [5.41, 5.74) is 0. The van der Waals surface area contributed by atoms with E-state index in [1.54, 1.807) is 0 Å². The summed E-state index contributed by atoms with van der Waals surface area (Å²) in [6, 6.07) is 0. The summed E-state index contributed by atoms with van der Waals surface area (Å²) in [6.07, 6.45) is 0. The van der Waals surface area contributed by atoms with E-state index in [-0.39, 0.29) is 214 Å². The fraction of sp³-hybridized carbons (Fsp3) is 0. The molecule has 0 amide bonds. The van der Waals surface area contributed by atoms with E-state index in [0.717, 1.165) is 0 Å². The van der Waals surface area contributed by atoms with Gasteiger partial charge in [0.2, 0.25) is 0 Å². The third-order valence-corrected chi connectivity index (χ3v) is 0. The predicted molar refractivity (Wildman–Crippen MR) is 52.0 cm³/mol. The molecule has 0 spiro atoms. The summed E-state index contributed by atoms with van der Waals surface area (Å²) in [5.74, 6) is 0. The van der Waals surface area contributed by atoms with E-state index in [4.69, 9.17) is 0 Å². The molecule has 17 heteroatoms. The van der Waals surface area contributed by atoms with Crippen LogP contribution in [0.15, 0.2) is 0 Å². The molecule has 0 fully saturated rings. The van der Waals surface area contributed by atoms with Gasteiger partial charge >= 0.3 is 148 Å². The van der Waals surface area contributed by atoms with Gasteiger partial charge in [-0.05, 0) is 0 Å². The van der Waals surface area contributed by atoms with Crippen LogP contribution < -0.4 is 0 Å². The molecule has 0 radical (unpaired) electrons. The van der Waals surface area contributed by atoms with Gasteiger partial charge in [0, 0.05) is 0 Å². The fourth-order valence-electron chi connectivity index (χ4n) is 0. The molecule has 12 N–H and O–H groups in total. The molecular weight excluding hydrogens is 366 g/mol. The molecule has 12 nitrogen and oxygen atoms in total. The Morgan fingerprint density at radius 3 is 0.176 bits per heavy atom. The first-order valence-electron chi connectivity index (χ1n) is 0. The molecule has 0 heterocycles. The van der Waals surface area contributed by atoms with Crippen LogP contribution in [-0.4, -0.2) is 214 Å². The average molecular weight is 378 g/mol. The standard InChI is InChI=1S/2Al.3Ca.12H2O/h;;;;;12*1H2/q2*+3;3*+2;;;;;;;;;;;;/p-12. The van der Waals surface area contributed by atoms with Crippen LogP contribution in [0.5, 0.6) is 0 Å². The molecule has 0 saturated carbocycles. The maximum Gasteiger partial charge on any atom is 3.00 e. The molecule has 0 aromatic rings. The second-order valence-corrected chi connectivity index (χ2v) is 0. The monoisotopic (exact) mass is 378 g/mol. The van der Waals surface area contributed by atoms with Gasteiger partial charge in [0.05, 0.1) is 0 Å². The molecule has 0 unspecified atom stereocenters. The first kappa shape index (κ1) is 465. The van der Waals surface area contributed by atoms with Gasteiger partial charge in [-0.25, -0.2) is 0 Å². The number of rotatable bonds is 0. The molecule has 0 saturated heterocycles. The molecule has 0 aliphatic carbocycles. The van der Waals surface area contributed by atoms with Gasteiger partial charge in [0.1, 0.15) is 0 Å². The van der Waals surface area contributed by atoms with Gasteiger partial charge in [-0.1, -0.05) is 0 Å². The average Bonchev–Trinajstić information content (AvgIpc) is 0. The summed E-state index contributed by atoms with van der Waals surface area (Å²) in [7, 11) is 0. The fourth-order valence-corrected chi connectivity index (χ4v) is 0. The molecule has 96 valence electrons. The van der Waals surface area contributed by atoms with Crippen LogP contribution in [0.25, 0.3) is 0 Å². The van der Waals surface area contributed by atoms with E-state index in [1.807, 2.05) is 0 Å². The van der Waals surface area contributed by atoms with Crippen molar-refractivity contribution in [3.63, 3.8) is 0 Å². The second kappa shape index (κ2) is 401. The van der Waals surface area contributed by atoms with Gasteiger partial charge in [-0.2, -0.15) is 0 Å². The second-order valence-electron chi connectivity index (χ2n) is 0. The SMILES string of the molecule is [Al+3].[Al+3].[Ca+2].[Ca+2].[Ca+2].[OH-].[OH-].[OH-].[OH-].[OH-].[OH-].[OH-].[OH-].[OH-].[OH-].[OH-].[OH-]. The quantitative estimate of drug-likeness (QED) is 0.363. The Bertz CT molecular complexity index is 19.7. The van der Waals surface area contributed by atoms with Crippen molar-refractivity contribution in [2.45, 2.75) is 0 Å². The van der Waals surface area contributed by atoms with Crippen LogP contribution in [-0.2, 0) is 0 Å². The molecule has 0 aliphatic heterocycles. The van der Waals surface area contributed by atoms with Gasteiger partial charge in [-0.3, -0.25) is 0 Å². The number of hydrogen-bond acceptors (Lipinski definition) is 12. The van der Waals surface area contributed by atoms with Crippen molar-refractivity contribution in [2.75, 3.05) is 0 Å². The van der Waals surface area contributed by atoms with Crippen molar-refractivity contribution < 1.29 is 65.7 Å². The Labute approximate surface area is 209 Å².